The lowest BCUT2D eigenvalue weighted by molar-refractivity contribution is -0.128. The zero-order valence-corrected chi connectivity index (χ0v) is 14.4. The predicted molar refractivity (Wildman–Crippen MR) is 86.9 cm³/mol. The van der Waals surface area contributed by atoms with Gasteiger partial charge in [0.2, 0.25) is 11.8 Å². The molecule has 128 valence electrons. The maximum atomic E-state index is 11.9. The Hall–Kier alpha value is -2.55. The second kappa shape index (κ2) is 8.34. The summed E-state index contributed by atoms with van der Waals surface area (Å²) in [6.07, 6.45) is 1.51. The Labute approximate surface area is 146 Å². The molecule has 3 N–H and O–H groups in total. The molecule has 0 aromatic carbocycles. The first kappa shape index (κ1) is 17.8. The van der Waals surface area contributed by atoms with Crippen LogP contribution in [0.15, 0.2) is 44.0 Å². The lowest BCUT2D eigenvalue weighted by Gasteiger charge is -2.13. The summed E-state index contributed by atoms with van der Waals surface area (Å²) in [5, 5.41) is 7.51. The highest BCUT2D eigenvalue weighted by molar-refractivity contribution is 9.10. The Balaban J connectivity index is 1.70. The van der Waals surface area contributed by atoms with Gasteiger partial charge in [-0.2, -0.15) is 0 Å². The normalized spacial score (nSPS) is 11.6. The summed E-state index contributed by atoms with van der Waals surface area (Å²) in [6, 6.07) is 5.74. The van der Waals surface area contributed by atoms with Crippen molar-refractivity contribution < 1.29 is 23.2 Å². The fourth-order valence-corrected chi connectivity index (χ4v) is 2.09. The van der Waals surface area contributed by atoms with Crippen molar-refractivity contribution in [3.8, 4) is 0 Å². The molecule has 0 unspecified atom stereocenters. The Morgan fingerprint density at radius 1 is 1.21 bits per heavy atom. The van der Waals surface area contributed by atoms with Crippen LogP contribution in [0.1, 0.15) is 23.2 Å². The predicted octanol–water partition coefficient (Wildman–Crippen LogP) is 1.19. The lowest BCUT2D eigenvalue weighted by atomic mass is 10.3. The molecule has 0 fully saturated rings. The van der Waals surface area contributed by atoms with Crippen molar-refractivity contribution in [1.82, 2.24) is 16.0 Å². The standard InChI is InChI=1S/C15H16BrN3O5/c1-9(14(21)17-7-10-3-2-6-23-10)19-13(20)8-18-15(22)11-4-5-12(16)24-11/h2-6,9H,7-8H2,1H3,(H,17,21)(H,18,22)(H,19,20)/t9-/m0/s1. The van der Waals surface area contributed by atoms with E-state index in [1.807, 2.05) is 0 Å². The number of hydrogen-bond acceptors (Lipinski definition) is 5. The van der Waals surface area contributed by atoms with Gasteiger partial charge in [-0.1, -0.05) is 0 Å². The molecule has 2 aromatic heterocycles. The van der Waals surface area contributed by atoms with E-state index in [1.165, 1.54) is 12.3 Å². The van der Waals surface area contributed by atoms with E-state index in [0.29, 0.717) is 10.4 Å². The van der Waals surface area contributed by atoms with Crippen LogP contribution in [0.4, 0.5) is 0 Å². The molecule has 0 spiro atoms. The molecule has 8 nitrogen and oxygen atoms in total. The Kier molecular flexibility index (Phi) is 6.19. The van der Waals surface area contributed by atoms with Crippen LogP contribution in [0.2, 0.25) is 0 Å². The molecule has 0 aliphatic heterocycles. The minimum Gasteiger partial charge on any atom is -0.467 e. The Morgan fingerprint density at radius 2 is 2.00 bits per heavy atom. The van der Waals surface area contributed by atoms with E-state index in [2.05, 4.69) is 31.9 Å². The van der Waals surface area contributed by atoms with Gasteiger partial charge in [0.1, 0.15) is 11.8 Å². The molecule has 0 saturated heterocycles. The van der Waals surface area contributed by atoms with Gasteiger partial charge in [-0.15, -0.1) is 0 Å². The zero-order chi connectivity index (χ0) is 17.5. The Bertz CT molecular complexity index is 711. The maximum absolute atomic E-state index is 11.9. The van der Waals surface area contributed by atoms with E-state index in [1.54, 1.807) is 25.1 Å². The first-order chi connectivity index (χ1) is 11.5. The molecule has 0 aliphatic rings. The fraction of sp³-hybridized carbons (Fsp3) is 0.267. The summed E-state index contributed by atoms with van der Waals surface area (Å²) >= 11 is 3.08. The summed E-state index contributed by atoms with van der Waals surface area (Å²) < 4.78 is 10.6. The van der Waals surface area contributed by atoms with E-state index in [4.69, 9.17) is 8.83 Å². The second-order valence-corrected chi connectivity index (χ2v) is 5.65. The largest absolute Gasteiger partial charge is 0.467 e. The number of carbonyl (C=O) groups excluding carboxylic acids is 3. The average Bonchev–Trinajstić information content (AvgIpc) is 3.21. The van der Waals surface area contributed by atoms with Crippen LogP contribution in [-0.2, 0) is 16.1 Å². The highest BCUT2D eigenvalue weighted by atomic mass is 79.9. The third-order valence-electron chi connectivity index (χ3n) is 2.99. The van der Waals surface area contributed by atoms with Crippen molar-refractivity contribution >= 4 is 33.7 Å². The van der Waals surface area contributed by atoms with Crippen LogP contribution < -0.4 is 16.0 Å². The van der Waals surface area contributed by atoms with E-state index in [0.717, 1.165) is 0 Å². The van der Waals surface area contributed by atoms with Gasteiger partial charge in [0.15, 0.2) is 10.4 Å². The lowest BCUT2D eigenvalue weighted by Crippen LogP contribution is -2.47. The SMILES string of the molecule is C[C@H](NC(=O)CNC(=O)c1ccc(Br)o1)C(=O)NCc1ccco1. The molecule has 9 heteroatoms. The maximum Gasteiger partial charge on any atom is 0.287 e. The molecule has 0 saturated carbocycles. The molecule has 2 aromatic rings. The van der Waals surface area contributed by atoms with Crippen LogP contribution in [0.3, 0.4) is 0 Å². The third kappa shape index (κ3) is 5.27. The number of nitrogens with one attached hydrogen (secondary N) is 3. The van der Waals surface area contributed by atoms with Crippen LogP contribution in [0.5, 0.6) is 0 Å². The Morgan fingerprint density at radius 3 is 2.62 bits per heavy atom. The van der Waals surface area contributed by atoms with Gasteiger partial charge in [0, 0.05) is 0 Å². The van der Waals surface area contributed by atoms with Gasteiger partial charge in [-0.3, -0.25) is 14.4 Å². The number of amides is 3. The molecule has 0 bridgehead atoms. The first-order valence-electron chi connectivity index (χ1n) is 7.08. The van der Waals surface area contributed by atoms with Crippen molar-refractivity contribution in [3.63, 3.8) is 0 Å². The van der Waals surface area contributed by atoms with Crippen molar-refractivity contribution in [1.29, 1.82) is 0 Å². The van der Waals surface area contributed by atoms with Crippen LogP contribution in [-0.4, -0.2) is 30.3 Å². The van der Waals surface area contributed by atoms with Crippen molar-refractivity contribution in [2.75, 3.05) is 6.54 Å². The van der Waals surface area contributed by atoms with Gasteiger partial charge >= 0.3 is 0 Å². The summed E-state index contributed by atoms with van der Waals surface area (Å²) in [7, 11) is 0. The number of hydrogen-bond donors (Lipinski definition) is 3. The van der Waals surface area contributed by atoms with E-state index < -0.39 is 17.9 Å². The summed E-state index contributed by atoms with van der Waals surface area (Å²) in [4.78, 5) is 35.3. The third-order valence-corrected chi connectivity index (χ3v) is 3.42. The molecule has 1 atom stereocenters. The summed E-state index contributed by atoms with van der Waals surface area (Å²) in [6.45, 7) is 1.50. The van der Waals surface area contributed by atoms with Crippen LogP contribution in [0, 0.1) is 0 Å². The quantitative estimate of drug-likeness (QED) is 0.649. The molecule has 3 amide bonds. The summed E-state index contributed by atoms with van der Waals surface area (Å²) in [5.74, 6) is -0.681. The minimum atomic E-state index is -0.748. The number of halogens is 1. The van der Waals surface area contributed by atoms with E-state index in [-0.39, 0.29) is 24.8 Å². The van der Waals surface area contributed by atoms with Gasteiger partial charge in [0.05, 0.1) is 19.4 Å². The van der Waals surface area contributed by atoms with Crippen LogP contribution >= 0.6 is 15.9 Å². The van der Waals surface area contributed by atoms with Crippen molar-refractivity contribution in [3.05, 3.63) is 46.7 Å². The van der Waals surface area contributed by atoms with Gasteiger partial charge in [0.25, 0.3) is 5.91 Å². The molecule has 0 radical (unpaired) electrons. The number of furan rings is 2. The monoisotopic (exact) mass is 397 g/mol. The van der Waals surface area contributed by atoms with Gasteiger partial charge in [-0.05, 0) is 47.1 Å². The van der Waals surface area contributed by atoms with Crippen molar-refractivity contribution in [2.45, 2.75) is 19.5 Å². The van der Waals surface area contributed by atoms with E-state index >= 15 is 0 Å². The topological polar surface area (TPSA) is 114 Å². The highest BCUT2D eigenvalue weighted by Gasteiger charge is 2.17. The molecular weight excluding hydrogens is 382 g/mol. The molecule has 2 rings (SSSR count). The van der Waals surface area contributed by atoms with Gasteiger partial charge in [-0.25, -0.2) is 0 Å². The summed E-state index contributed by atoms with van der Waals surface area (Å²) in [5.41, 5.74) is 0. The minimum absolute atomic E-state index is 0.0823. The van der Waals surface area contributed by atoms with Crippen molar-refractivity contribution in [2.24, 2.45) is 0 Å². The molecule has 24 heavy (non-hydrogen) atoms. The molecule has 0 aliphatic carbocycles. The average molecular weight is 398 g/mol. The smallest absolute Gasteiger partial charge is 0.287 e. The second-order valence-electron chi connectivity index (χ2n) is 4.87. The van der Waals surface area contributed by atoms with Crippen LogP contribution in [0.25, 0.3) is 0 Å². The highest BCUT2D eigenvalue weighted by Crippen LogP contribution is 2.13. The number of rotatable bonds is 7. The van der Waals surface area contributed by atoms with Gasteiger partial charge < -0.3 is 24.8 Å². The molecular formula is C15H16BrN3O5. The fourth-order valence-electron chi connectivity index (χ4n) is 1.78. The molecule has 2 heterocycles. The zero-order valence-electron chi connectivity index (χ0n) is 12.8. The number of carbonyl (C=O) groups is 3. The van der Waals surface area contributed by atoms with E-state index in [9.17, 15) is 14.4 Å². The first-order valence-corrected chi connectivity index (χ1v) is 7.88.